The first-order valence-corrected chi connectivity index (χ1v) is 6.52. The molecule has 3 heterocycles. The predicted molar refractivity (Wildman–Crippen MR) is 65.7 cm³/mol. The highest BCUT2D eigenvalue weighted by molar-refractivity contribution is 5.46. The SMILES string of the molecule is NC1CC2CCC(C1)N2c1cc(C(F)(F)F)ccn1. The van der Waals surface area contributed by atoms with Crippen molar-refractivity contribution in [3.63, 3.8) is 0 Å². The molecule has 1 aromatic heterocycles. The first-order chi connectivity index (χ1) is 8.95. The molecule has 2 saturated heterocycles. The topological polar surface area (TPSA) is 42.1 Å². The third-order valence-electron chi connectivity index (χ3n) is 4.11. The number of hydrogen-bond donors (Lipinski definition) is 1. The smallest absolute Gasteiger partial charge is 0.351 e. The zero-order valence-corrected chi connectivity index (χ0v) is 10.4. The van der Waals surface area contributed by atoms with Crippen LogP contribution in [-0.4, -0.2) is 23.1 Å². The molecule has 19 heavy (non-hydrogen) atoms. The largest absolute Gasteiger partial charge is 0.416 e. The quantitative estimate of drug-likeness (QED) is 0.853. The second-order valence-electron chi connectivity index (χ2n) is 5.42. The molecule has 2 aliphatic heterocycles. The van der Waals surface area contributed by atoms with Gasteiger partial charge < -0.3 is 10.6 Å². The highest BCUT2D eigenvalue weighted by Gasteiger charge is 2.41. The highest BCUT2D eigenvalue weighted by Crippen LogP contribution is 2.39. The summed E-state index contributed by atoms with van der Waals surface area (Å²) in [7, 11) is 0. The predicted octanol–water partition coefficient (Wildman–Crippen LogP) is 2.56. The van der Waals surface area contributed by atoms with E-state index in [0.717, 1.165) is 37.8 Å². The average molecular weight is 271 g/mol. The normalized spacial score (nSPS) is 30.7. The van der Waals surface area contributed by atoms with Crippen LogP contribution in [0.4, 0.5) is 19.0 Å². The summed E-state index contributed by atoms with van der Waals surface area (Å²) >= 11 is 0. The number of nitrogens with two attached hydrogens (primary N) is 1. The van der Waals surface area contributed by atoms with Gasteiger partial charge in [0.25, 0.3) is 0 Å². The van der Waals surface area contributed by atoms with Gasteiger partial charge in [0.15, 0.2) is 0 Å². The number of pyridine rings is 1. The van der Waals surface area contributed by atoms with E-state index in [1.165, 1.54) is 6.20 Å². The van der Waals surface area contributed by atoms with E-state index in [4.69, 9.17) is 5.73 Å². The Hall–Kier alpha value is -1.30. The highest BCUT2D eigenvalue weighted by atomic mass is 19.4. The van der Waals surface area contributed by atoms with Crippen molar-refractivity contribution < 1.29 is 13.2 Å². The molecule has 2 aliphatic rings. The van der Waals surface area contributed by atoms with Crippen molar-refractivity contribution >= 4 is 5.82 Å². The number of rotatable bonds is 1. The number of nitrogens with zero attached hydrogens (tertiary/aromatic N) is 2. The number of fused-ring (bicyclic) bond motifs is 2. The molecule has 0 saturated carbocycles. The molecule has 0 aromatic carbocycles. The molecule has 2 bridgehead atoms. The van der Waals surface area contributed by atoms with Gasteiger partial charge >= 0.3 is 6.18 Å². The zero-order valence-electron chi connectivity index (χ0n) is 10.4. The molecule has 6 heteroatoms. The van der Waals surface area contributed by atoms with Crippen molar-refractivity contribution in [2.24, 2.45) is 5.73 Å². The van der Waals surface area contributed by atoms with E-state index in [9.17, 15) is 13.2 Å². The number of anilines is 1. The van der Waals surface area contributed by atoms with Gasteiger partial charge in [0.05, 0.1) is 5.56 Å². The minimum atomic E-state index is -4.32. The molecule has 2 N–H and O–H groups in total. The monoisotopic (exact) mass is 271 g/mol. The summed E-state index contributed by atoms with van der Waals surface area (Å²) in [4.78, 5) is 6.17. The first-order valence-electron chi connectivity index (χ1n) is 6.52. The molecule has 2 unspecified atom stereocenters. The zero-order chi connectivity index (χ0) is 13.6. The molecular formula is C13H16F3N3. The summed E-state index contributed by atoms with van der Waals surface area (Å²) < 4.78 is 38.2. The van der Waals surface area contributed by atoms with Crippen LogP contribution < -0.4 is 10.6 Å². The molecule has 0 spiro atoms. The van der Waals surface area contributed by atoms with Crippen molar-refractivity contribution in [3.8, 4) is 0 Å². The average Bonchev–Trinajstić information content (AvgIpc) is 2.61. The van der Waals surface area contributed by atoms with Crippen LogP contribution in [-0.2, 0) is 6.18 Å². The van der Waals surface area contributed by atoms with Crippen LogP contribution in [0.25, 0.3) is 0 Å². The van der Waals surface area contributed by atoms with Crippen LogP contribution in [0.5, 0.6) is 0 Å². The Morgan fingerprint density at radius 2 is 1.84 bits per heavy atom. The summed E-state index contributed by atoms with van der Waals surface area (Å²) in [6.07, 6.45) is 0.602. The lowest BCUT2D eigenvalue weighted by Crippen LogP contribution is -2.47. The standard InChI is InChI=1S/C13H16F3N3/c14-13(15,16)8-3-4-18-12(5-8)19-10-1-2-11(19)7-9(17)6-10/h3-5,9-11H,1-2,6-7,17H2. The maximum Gasteiger partial charge on any atom is 0.416 e. The van der Waals surface area contributed by atoms with E-state index in [-0.39, 0.29) is 18.1 Å². The summed E-state index contributed by atoms with van der Waals surface area (Å²) in [6.45, 7) is 0. The number of aromatic nitrogens is 1. The van der Waals surface area contributed by atoms with E-state index < -0.39 is 11.7 Å². The molecular weight excluding hydrogens is 255 g/mol. The van der Waals surface area contributed by atoms with Gasteiger partial charge in [0.2, 0.25) is 0 Å². The fourth-order valence-corrected chi connectivity index (χ4v) is 3.33. The molecule has 2 atom stereocenters. The molecule has 0 aliphatic carbocycles. The maximum atomic E-state index is 12.7. The number of hydrogen-bond acceptors (Lipinski definition) is 3. The van der Waals surface area contributed by atoms with E-state index in [0.29, 0.717) is 5.82 Å². The van der Waals surface area contributed by atoms with Crippen molar-refractivity contribution in [2.45, 2.75) is 50.0 Å². The summed E-state index contributed by atoms with van der Waals surface area (Å²) in [5.74, 6) is 0.439. The van der Waals surface area contributed by atoms with Crippen molar-refractivity contribution in [3.05, 3.63) is 23.9 Å². The van der Waals surface area contributed by atoms with Crippen LogP contribution in [0, 0.1) is 0 Å². The van der Waals surface area contributed by atoms with Crippen molar-refractivity contribution in [1.29, 1.82) is 0 Å². The minimum absolute atomic E-state index is 0.166. The molecule has 3 nitrogen and oxygen atoms in total. The van der Waals surface area contributed by atoms with Crippen molar-refractivity contribution in [2.75, 3.05) is 4.90 Å². The Kier molecular flexibility index (Phi) is 2.92. The van der Waals surface area contributed by atoms with E-state index >= 15 is 0 Å². The van der Waals surface area contributed by atoms with Gasteiger partial charge in [-0.25, -0.2) is 4.98 Å². The summed E-state index contributed by atoms with van der Waals surface area (Å²) in [5, 5.41) is 0. The second kappa shape index (κ2) is 4.37. The Morgan fingerprint density at radius 3 is 2.42 bits per heavy atom. The third-order valence-corrected chi connectivity index (χ3v) is 4.11. The summed E-state index contributed by atoms with van der Waals surface area (Å²) in [6, 6.07) is 2.82. The van der Waals surface area contributed by atoms with Crippen LogP contribution in [0.2, 0.25) is 0 Å². The third kappa shape index (κ3) is 2.29. The Morgan fingerprint density at radius 1 is 1.21 bits per heavy atom. The summed E-state index contributed by atoms with van der Waals surface area (Å²) in [5.41, 5.74) is 5.34. The van der Waals surface area contributed by atoms with Crippen LogP contribution >= 0.6 is 0 Å². The number of piperidine rings is 1. The lowest BCUT2D eigenvalue weighted by Gasteiger charge is -2.38. The molecule has 3 rings (SSSR count). The fraction of sp³-hybridized carbons (Fsp3) is 0.615. The van der Waals surface area contributed by atoms with Crippen molar-refractivity contribution in [1.82, 2.24) is 4.98 Å². The molecule has 0 amide bonds. The van der Waals surface area contributed by atoms with Crippen LogP contribution in [0.15, 0.2) is 18.3 Å². The van der Waals surface area contributed by atoms with Gasteiger partial charge in [-0.2, -0.15) is 13.2 Å². The first kappa shape index (κ1) is 12.7. The van der Waals surface area contributed by atoms with E-state index in [1.807, 2.05) is 4.90 Å². The second-order valence-corrected chi connectivity index (χ2v) is 5.42. The lowest BCUT2D eigenvalue weighted by atomic mass is 9.98. The fourth-order valence-electron chi connectivity index (χ4n) is 3.33. The molecule has 104 valence electrons. The molecule has 1 aromatic rings. The van der Waals surface area contributed by atoms with Crippen LogP contribution in [0.1, 0.15) is 31.2 Å². The van der Waals surface area contributed by atoms with Gasteiger partial charge in [0, 0.05) is 24.3 Å². The van der Waals surface area contributed by atoms with Crippen LogP contribution in [0.3, 0.4) is 0 Å². The van der Waals surface area contributed by atoms with Gasteiger partial charge in [0.1, 0.15) is 5.82 Å². The Balaban J connectivity index is 1.91. The van der Waals surface area contributed by atoms with Gasteiger partial charge in [-0.05, 0) is 37.8 Å². The van der Waals surface area contributed by atoms with Gasteiger partial charge in [-0.3, -0.25) is 0 Å². The minimum Gasteiger partial charge on any atom is -0.351 e. The maximum absolute atomic E-state index is 12.7. The molecule has 0 radical (unpaired) electrons. The number of halogens is 3. The van der Waals surface area contributed by atoms with Gasteiger partial charge in [-0.15, -0.1) is 0 Å². The van der Waals surface area contributed by atoms with E-state index in [2.05, 4.69) is 4.98 Å². The van der Waals surface area contributed by atoms with E-state index in [1.54, 1.807) is 0 Å². The number of alkyl halides is 3. The lowest BCUT2D eigenvalue weighted by molar-refractivity contribution is -0.137. The van der Waals surface area contributed by atoms with Gasteiger partial charge in [-0.1, -0.05) is 0 Å². The molecule has 2 fully saturated rings. The Bertz CT molecular complexity index is 460. The Labute approximate surface area is 109 Å².